The van der Waals surface area contributed by atoms with Crippen molar-refractivity contribution in [3.8, 4) is 0 Å². The molecule has 1 aliphatic heterocycles. The Labute approximate surface area is 164 Å². The lowest BCUT2D eigenvalue weighted by molar-refractivity contribution is -0.133. The monoisotopic (exact) mass is 386 g/mol. The van der Waals surface area contributed by atoms with Crippen LogP contribution in [0, 0.1) is 0 Å². The Morgan fingerprint density at radius 3 is 2.48 bits per heavy atom. The van der Waals surface area contributed by atoms with E-state index >= 15 is 0 Å². The third kappa shape index (κ3) is 5.14. The summed E-state index contributed by atoms with van der Waals surface area (Å²) >= 11 is 1.71. The number of carbonyl (C=O) groups is 2. The molecule has 3 rings (SSSR count). The van der Waals surface area contributed by atoms with Crippen LogP contribution in [0.2, 0.25) is 0 Å². The molecule has 0 aliphatic carbocycles. The van der Waals surface area contributed by atoms with E-state index in [1.54, 1.807) is 30.5 Å². The van der Waals surface area contributed by atoms with Crippen LogP contribution in [0.1, 0.15) is 28.0 Å². The van der Waals surface area contributed by atoms with Crippen LogP contribution >= 0.6 is 11.3 Å². The van der Waals surface area contributed by atoms with Gasteiger partial charge in [-0.3, -0.25) is 14.5 Å². The highest BCUT2D eigenvalue weighted by molar-refractivity contribution is 7.09. The number of amides is 2. The molecule has 6 nitrogen and oxygen atoms in total. The standard InChI is InChI=1S/C20H26N4O2S/c1-3-18-21-17(15-27-18)13-23-9-11-24(12-10-23)19(25)14-22(2)20(26)16-7-5-4-6-8-16/h4-8,15H,3,9-14H2,1-2H3. The molecule has 1 aromatic heterocycles. The van der Waals surface area contributed by atoms with E-state index in [0.29, 0.717) is 18.7 Å². The summed E-state index contributed by atoms with van der Waals surface area (Å²) in [5, 5.41) is 3.30. The molecule has 1 aliphatic rings. The number of aryl methyl sites for hydroxylation is 1. The Bertz CT molecular complexity index is 769. The van der Waals surface area contributed by atoms with Crippen molar-refractivity contribution in [1.29, 1.82) is 0 Å². The normalized spacial score (nSPS) is 15.0. The van der Waals surface area contributed by atoms with E-state index in [1.165, 1.54) is 9.91 Å². The molecule has 2 amide bonds. The molecule has 0 saturated carbocycles. The van der Waals surface area contributed by atoms with Gasteiger partial charge in [-0.2, -0.15) is 0 Å². The SMILES string of the molecule is CCc1nc(CN2CCN(C(=O)CN(C)C(=O)c3ccccc3)CC2)cs1. The number of aromatic nitrogens is 1. The first-order valence-electron chi connectivity index (χ1n) is 9.30. The number of likely N-dealkylation sites (N-methyl/N-ethyl adjacent to an activating group) is 1. The van der Waals surface area contributed by atoms with E-state index in [2.05, 4.69) is 22.2 Å². The molecule has 0 unspecified atom stereocenters. The average Bonchev–Trinajstić information content (AvgIpc) is 3.16. The van der Waals surface area contributed by atoms with Crippen LogP contribution in [0.15, 0.2) is 35.7 Å². The average molecular weight is 387 g/mol. The van der Waals surface area contributed by atoms with Crippen LogP contribution in [0.4, 0.5) is 0 Å². The summed E-state index contributed by atoms with van der Waals surface area (Å²) in [4.78, 5) is 35.2. The highest BCUT2D eigenvalue weighted by Gasteiger charge is 2.24. The van der Waals surface area contributed by atoms with Gasteiger partial charge in [0.1, 0.15) is 0 Å². The smallest absolute Gasteiger partial charge is 0.254 e. The predicted octanol–water partition coefficient (Wildman–Crippen LogP) is 2.12. The Hall–Kier alpha value is -2.25. The fourth-order valence-electron chi connectivity index (χ4n) is 3.14. The first kappa shape index (κ1) is 19.5. The number of benzene rings is 1. The van der Waals surface area contributed by atoms with Crippen molar-refractivity contribution in [2.45, 2.75) is 19.9 Å². The van der Waals surface area contributed by atoms with Crippen LogP contribution in [0.5, 0.6) is 0 Å². The number of piperazine rings is 1. The van der Waals surface area contributed by atoms with E-state index in [1.807, 2.05) is 23.1 Å². The lowest BCUT2D eigenvalue weighted by atomic mass is 10.2. The molecule has 27 heavy (non-hydrogen) atoms. The fraction of sp³-hybridized carbons (Fsp3) is 0.450. The molecular formula is C20H26N4O2S. The van der Waals surface area contributed by atoms with Crippen molar-refractivity contribution >= 4 is 23.2 Å². The molecule has 0 atom stereocenters. The molecule has 0 bridgehead atoms. The third-order valence-electron chi connectivity index (χ3n) is 4.75. The third-order valence-corrected chi connectivity index (χ3v) is 5.79. The Morgan fingerprint density at radius 2 is 1.85 bits per heavy atom. The van der Waals surface area contributed by atoms with Gasteiger partial charge in [0.05, 0.1) is 17.2 Å². The number of carbonyl (C=O) groups excluding carboxylic acids is 2. The van der Waals surface area contributed by atoms with Crippen LogP contribution in [0.3, 0.4) is 0 Å². The summed E-state index contributed by atoms with van der Waals surface area (Å²) in [5.41, 5.74) is 1.72. The van der Waals surface area contributed by atoms with Gasteiger partial charge in [0.15, 0.2) is 0 Å². The van der Waals surface area contributed by atoms with Crippen molar-refractivity contribution in [2.75, 3.05) is 39.8 Å². The summed E-state index contributed by atoms with van der Waals surface area (Å²) in [6.45, 7) is 6.12. The predicted molar refractivity (Wildman–Crippen MR) is 107 cm³/mol. The number of hydrogen-bond donors (Lipinski definition) is 0. The second-order valence-corrected chi connectivity index (χ2v) is 7.71. The summed E-state index contributed by atoms with van der Waals surface area (Å²) in [6.07, 6.45) is 0.974. The summed E-state index contributed by atoms with van der Waals surface area (Å²) in [6, 6.07) is 9.06. The van der Waals surface area contributed by atoms with Gasteiger partial charge in [-0.25, -0.2) is 4.98 Å². The first-order valence-corrected chi connectivity index (χ1v) is 10.2. The van der Waals surface area contributed by atoms with Crippen LogP contribution in [-0.2, 0) is 17.8 Å². The van der Waals surface area contributed by atoms with Gasteiger partial charge < -0.3 is 9.80 Å². The van der Waals surface area contributed by atoms with Crippen molar-refractivity contribution in [1.82, 2.24) is 19.7 Å². The van der Waals surface area contributed by atoms with Crippen molar-refractivity contribution < 1.29 is 9.59 Å². The lowest BCUT2D eigenvalue weighted by Crippen LogP contribution is -2.51. The molecule has 2 aromatic rings. The van der Waals surface area contributed by atoms with E-state index in [0.717, 1.165) is 31.7 Å². The van der Waals surface area contributed by atoms with E-state index in [4.69, 9.17) is 0 Å². The zero-order valence-corrected chi connectivity index (χ0v) is 16.7. The fourth-order valence-corrected chi connectivity index (χ4v) is 3.88. The zero-order valence-electron chi connectivity index (χ0n) is 15.9. The second kappa shape index (κ2) is 9.10. The van der Waals surface area contributed by atoms with Gasteiger partial charge in [-0.05, 0) is 18.6 Å². The van der Waals surface area contributed by atoms with Crippen LogP contribution < -0.4 is 0 Å². The molecule has 1 fully saturated rings. The van der Waals surface area contributed by atoms with Gasteiger partial charge in [0.2, 0.25) is 5.91 Å². The van der Waals surface area contributed by atoms with Crippen molar-refractivity contribution in [3.05, 3.63) is 52.0 Å². The summed E-state index contributed by atoms with van der Waals surface area (Å²) in [5.74, 6) is -0.124. The largest absolute Gasteiger partial charge is 0.339 e. The molecule has 0 spiro atoms. The topological polar surface area (TPSA) is 56.8 Å². The number of thiazole rings is 1. The van der Waals surface area contributed by atoms with Crippen LogP contribution in [0.25, 0.3) is 0 Å². The Kier molecular flexibility index (Phi) is 6.58. The van der Waals surface area contributed by atoms with E-state index < -0.39 is 0 Å². The maximum atomic E-state index is 12.6. The summed E-state index contributed by atoms with van der Waals surface area (Å²) < 4.78 is 0. The lowest BCUT2D eigenvalue weighted by Gasteiger charge is -2.35. The van der Waals surface area contributed by atoms with Gasteiger partial charge in [0.25, 0.3) is 5.91 Å². The molecule has 0 N–H and O–H groups in total. The number of hydrogen-bond acceptors (Lipinski definition) is 5. The Morgan fingerprint density at radius 1 is 1.15 bits per heavy atom. The van der Waals surface area contributed by atoms with Gasteiger partial charge in [-0.1, -0.05) is 25.1 Å². The maximum absolute atomic E-state index is 12.6. The quantitative estimate of drug-likeness (QED) is 0.763. The molecule has 1 aromatic carbocycles. The minimum Gasteiger partial charge on any atom is -0.339 e. The van der Waals surface area contributed by atoms with E-state index in [9.17, 15) is 9.59 Å². The summed E-state index contributed by atoms with van der Waals surface area (Å²) in [7, 11) is 1.68. The molecule has 1 saturated heterocycles. The highest BCUT2D eigenvalue weighted by Crippen LogP contribution is 2.14. The Balaban J connectivity index is 1.46. The highest BCUT2D eigenvalue weighted by atomic mass is 32.1. The zero-order chi connectivity index (χ0) is 19.2. The molecule has 2 heterocycles. The molecule has 144 valence electrons. The second-order valence-electron chi connectivity index (χ2n) is 6.77. The molecule has 7 heteroatoms. The van der Waals surface area contributed by atoms with Gasteiger partial charge >= 0.3 is 0 Å². The van der Waals surface area contributed by atoms with Gasteiger partial charge in [-0.15, -0.1) is 11.3 Å². The van der Waals surface area contributed by atoms with Crippen molar-refractivity contribution in [3.63, 3.8) is 0 Å². The molecule has 0 radical (unpaired) electrons. The van der Waals surface area contributed by atoms with Crippen LogP contribution in [-0.4, -0.2) is 71.3 Å². The van der Waals surface area contributed by atoms with E-state index in [-0.39, 0.29) is 18.4 Å². The maximum Gasteiger partial charge on any atom is 0.254 e. The number of rotatable bonds is 6. The van der Waals surface area contributed by atoms with Gasteiger partial charge in [0, 0.05) is 50.7 Å². The first-order chi connectivity index (χ1) is 13.1. The minimum absolute atomic E-state index is 0.00311. The molecular weight excluding hydrogens is 360 g/mol. The minimum atomic E-state index is -0.127. The van der Waals surface area contributed by atoms with Crippen molar-refractivity contribution in [2.24, 2.45) is 0 Å². The number of nitrogens with zero attached hydrogens (tertiary/aromatic N) is 4.